The number of carbonyl (C=O) groups excluding carboxylic acids is 1. The Hall–Kier alpha value is -1.35. The lowest BCUT2D eigenvalue weighted by Crippen LogP contribution is -2.56. The van der Waals surface area contributed by atoms with Crippen molar-refractivity contribution >= 4 is 5.91 Å². The summed E-state index contributed by atoms with van der Waals surface area (Å²) in [4.78, 5) is 15.3. The first-order valence-electron chi connectivity index (χ1n) is 8.32. The summed E-state index contributed by atoms with van der Waals surface area (Å²) in [6.07, 6.45) is 6.65. The van der Waals surface area contributed by atoms with Gasteiger partial charge in [-0.15, -0.1) is 0 Å². The van der Waals surface area contributed by atoms with E-state index < -0.39 is 0 Å². The number of aryl methyl sites for hydroxylation is 1. The topological polar surface area (TPSA) is 40.5 Å². The van der Waals surface area contributed by atoms with Gasteiger partial charge in [-0.1, -0.05) is 24.3 Å². The molecule has 1 amide bonds. The van der Waals surface area contributed by atoms with Gasteiger partial charge in [0.1, 0.15) is 0 Å². The van der Waals surface area contributed by atoms with Crippen LogP contribution in [0.4, 0.5) is 0 Å². The second-order valence-electron chi connectivity index (χ2n) is 6.90. The van der Waals surface area contributed by atoms with E-state index in [4.69, 9.17) is 0 Å². The minimum atomic E-state index is -0.208. The zero-order valence-corrected chi connectivity index (χ0v) is 12.4. The van der Waals surface area contributed by atoms with Crippen LogP contribution in [0.2, 0.25) is 0 Å². The standard InChI is InChI=1S/C18H23NO2/c20-15-10-13-5-3-6-14(11-15)19(13)18(21)17-9-8-12-4-1-2-7-16(12)17/h1-2,4,7,13-15,17,20H,3,5-6,8-11H2/t13-,14+,15?,17?. The van der Waals surface area contributed by atoms with Crippen LogP contribution in [0, 0.1) is 0 Å². The van der Waals surface area contributed by atoms with Gasteiger partial charge in [-0.2, -0.15) is 0 Å². The lowest BCUT2D eigenvalue weighted by Gasteiger charge is -2.48. The van der Waals surface area contributed by atoms with Crippen molar-refractivity contribution in [2.24, 2.45) is 0 Å². The number of aliphatic hydroxyl groups excluding tert-OH is 1. The number of carbonyl (C=O) groups is 1. The molecular weight excluding hydrogens is 262 g/mol. The van der Waals surface area contributed by atoms with Crippen molar-refractivity contribution in [2.45, 2.75) is 69.1 Å². The van der Waals surface area contributed by atoms with Crippen LogP contribution in [0.1, 0.15) is 55.6 Å². The molecule has 3 heteroatoms. The van der Waals surface area contributed by atoms with E-state index in [-0.39, 0.29) is 24.1 Å². The number of hydrogen-bond donors (Lipinski definition) is 1. The summed E-state index contributed by atoms with van der Waals surface area (Å²) in [5.74, 6) is 0.376. The monoisotopic (exact) mass is 285 g/mol. The maximum absolute atomic E-state index is 13.1. The summed E-state index contributed by atoms with van der Waals surface area (Å²) >= 11 is 0. The smallest absolute Gasteiger partial charge is 0.230 e. The first-order chi connectivity index (χ1) is 10.2. The number of amides is 1. The van der Waals surface area contributed by atoms with Crippen molar-refractivity contribution in [3.63, 3.8) is 0 Å². The number of nitrogens with zero attached hydrogens (tertiary/aromatic N) is 1. The molecular formula is C18H23NO2. The summed E-state index contributed by atoms with van der Waals surface area (Å²) < 4.78 is 0. The molecule has 2 saturated heterocycles. The van der Waals surface area contributed by atoms with Gasteiger partial charge in [0.05, 0.1) is 12.0 Å². The van der Waals surface area contributed by atoms with Crippen molar-refractivity contribution in [2.75, 3.05) is 0 Å². The maximum Gasteiger partial charge on any atom is 0.230 e. The predicted molar refractivity (Wildman–Crippen MR) is 81.0 cm³/mol. The van der Waals surface area contributed by atoms with E-state index in [2.05, 4.69) is 23.1 Å². The van der Waals surface area contributed by atoms with Gasteiger partial charge in [-0.25, -0.2) is 0 Å². The third-order valence-corrected chi connectivity index (χ3v) is 5.64. The fourth-order valence-electron chi connectivity index (χ4n) is 4.71. The Morgan fingerprint density at radius 1 is 1.10 bits per heavy atom. The molecule has 21 heavy (non-hydrogen) atoms. The fourth-order valence-corrected chi connectivity index (χ4v) is 4.71. The van der Waals surface area contributed by atoms with Crippen molar-refractivity contribution in [1.29, 1.82) is 0 Å². The third-order valence-electron chi connectivity index (χ3n) is 5.64. The van der Waals surface area contributed by atoms with Gasteiger partial charge in [0.25, 0.3) is 0 Å². The maximum atomic E-state index is 13.1. The van der Waals surface area contributed by atoms with Gasteiger partial charge in [-0.3, -0.25) is 4.79 Å². The zero-order valence-electron chi connectivity index (χ0n) is 12.4. The third kappa shape index (κ3) is 2.18. The summed E-state index contributed by atoms with van der Waals surface area (Å²) in [5, 5.41) is 10.00. The largest absolute Gasteiger partial charge is 0.393 e. The highest BCUT2D eigenvalue weighted by Gasteiger charge is 2.43. The average Bonchev–Trinajstić information content (AvgIpc) is 2.89. The lowest BCUT2D eigenvalue weighted by atomic mass is 9.81. The molecule has 2 unspecified atom stereocenters. The molecule has 112 valence electrons. The fraction of sp³-hybridized carbons (Fsp3) is 0.611. The molecule has 2 fully saturated rings. The summed E-state index contributed by atoms with van der Waals surface area (Å²) in [6.45, 7) is 0. The summed E-state index contributed by atoms with van der Waals surface area (Å²) in [7, 11) is 0. The second-order valence-corrected chi connectivity index (χ2v) is 6.90. The van der Waals surface area contributed by atoms with Crippen molar-refractivity contribution in [3.8, 4) is 0 Å². The number of aliphatic hydroxyl groups is 1. The number of rotatable bonds is 1. The van der Waals surface area contributed by atoms with Gasteiger partial charge in [0, 0.05) is 12.1 Å². The van der Waals surface area contributed by atoms with Crippen LogP contribution in [0.3, 0.4) is 0 Å². The Bertz CT molecular complexity index is 542. The molecule has 0 radical (unpaired) electrons. The number of fused-ring (bicyclic) bond motifs is 3. The highest BCUT2D eigenvalue weighted by atomic mass is 16.3. The van der Waals surface area contributed by atoms with Crippen LogP contribution in [-0.4, -0.2) is 34.1 Å². The van der Waals surface area contributed by atoms with Crippen LogP contribution < -0.4 is 0 Å². The average molecular weight is 285 g/mol. The molecule has 3 nitrogen and oxygen atoms in total. The van der Waals surface area contributed by atoms with E-state index in [1.54, 1.807) is 0 Å². The molecule has 2 aliphatic heterocycles. The summed E-state index contributed by atoms with van der Waals surface area (Å²) in [6, 6.07) is 8.94. The van der Waals surface area contributed by atoms with Gasteiger partial charge in [0.2, 0.25) is 5.91 Å². The van der Waals surface area contributed by atoms with Crippen LogP contribution in [0.15, 0.2) is 24.3 Å². The van der Waals surface area contributed by atoms with E-state index in [0.29, 0.717) is 5.91 Å². The normalized spacial score (nSPS) is 34.6. The first kappa shape index (κ1) is 13.3. The molecule has 2 heterocycles. The molecule has 0 spiro atoms. The number of hydrogen-bond acceptors (Lipinski definition) is 2. The molecule has 1 aromatic rings. The molecule has 0 saturated carbocycles. The zero-order chi connectivity index (χ0) is 14.4. The van der Waals surface area contributed by atoms with E-state index in [1.165, 1.54) is 17.5 Å². The van der Waals surface area contributed by atoms with Crippen LogP contribution in [-0.2, 0) is 11.2 Å². The van der Waals surface area contributed by atoms with E-state index >= 15 is 0 Å². The molecule has 2 bridgehead atoms. The Morgan fingerprint density at radius 2 is 1.81 bits per heavy atom. The minimum Gasteiger partial charge on any atom is -0.393 e. The summed E-state index contributed by atoms with van der Waals surface area (Å²) in [5.41, 5.74) is 2.59. The number of piperidine rings is 2. The van der Waals surface area contributed by atoms with Crippen LogP contribution >= 0.6 is 0 Å². The highest BCUT2D eigenvalue weighted by Crippen LogP contribution is 2.40. The molecule has 1 aliphatic carbocycles. The van der Waals surface area contributed by atoms with Gasteiger partial charge < -0.3 is 10.0 Å². The van der Waals surface area contributed by atoms with Crippen molar-refractivity contribution in [1.82, 2.24) is 4.90 Å². The predicted octanol–water partition coefficient (Wildman–Crippen LogP) is 2.62. The Balaban J connectivity index is 1.61. The van der Waals surface area contributed by atoms with E-state index in [9.17, 15) is 9.90 Å². The quantitative estimate of drug-likeness (QED) is 0.861. The van der Waals surface area contributed by atoms with Gasteiger partial charge in [0.15, 0.2) is 0 Å². The Kier molecular flexibility index (Phi) is 3.26. The van der Waals surface area contributed by atoms with Crippen LogP contribution in [0.25, 0.3) is 0 Å². The highest BCUT2D eigenvalue weighted by molar-refractivity contribution is 5.85. The molecule has 0 aromatic heterocycles. The minimum absolute atomic E-state index is 0.0551. The second kappa shape index (κ2) is 5.13. The first-order valence-corrected chi connectivity index (χ1v) is 8.32. The van der Waals surface area contributed by atoms with Crippen LogP contribution in [0.5, 0.6) is 0 Å². The molecule has 4 atom stereocenters. The van der Waals surface area contributed by atoms with E-state index in [1.807, 2.05) is 6.07 Å². The molecule has 1 aromatic carbocycles. The molecule has 1 N–H and O–H groups in total. The molecule has 4 rings (SSSR count). The van der Waals surface area contributed by atoms with Crippen molar-refractivity contribution < 1.29 is 9.90 Å². The Morgan fingerprint density at radius 3 is 2.57 bits per heavy atom. The SMILES string of the molecule is O=C(C1CCc2ccccc21)N1[C@@H]2CCC[C@H]1CC(O)C2. The van der Waals surface area contributed by atoms with E-state index in [0.717, 1.165) is 38.5 Å². The Labute approximate surface area is 126 Å². The van der Waals surface area contributed by atoms with Gasteiger partial charge in [-0.05, 0) is 56.1 Å². The lowest BCUT2D eigenvalue weighted by molar-refractivity contribution is -0.145. The van der Waals surface area contributed by atoms with Crippen molar-refractivity contribution in [3.05, 3.63) is 35.4 Å². The van der Waals surface area contributed by atoms with Gasteiger partial charge >= 0.3 is 0 Å². The molecule has 3 aliphatic rings. The number of benzene rings is 1.